The van der Waals surface area contributed by atoms with E-state index in [2.05, 4.69) is 26.4 Å². The Balaban J connectivity index is 1.63. The number of nitrogens with zero attached hydrogens (tertiary/aromatic N) is 4. The third-order valence-corrected chi connectivity index (χ3v) is 5.04. The lowest BCUT2D eigenvalue weighted by Gasteiger charge is -2.13. The van der Waals surface area contributed by atoms with Gasteiger partial charge in [0, 0.05) is 5.56 Å². The minimum Gasteiger partial charge on any atom is -0.272 e. The molecule has 144 valence electrons. The highest BCUT2D eigenvalue weighted by molar-refractivity contribution is 8.00. The zero-order valence-corrected chi connectivity index (χ0v) is 16.5. The third-order valence-electron chi connectivity index (χ3n) is 4.01. The fraction of sp³-hybridized carbons (Fsp3) is 0.211. The van der Waals surface area contributed by atoms with Gasteiger partial charge in [0.1, 0.15) is 0 Å². The van der Waals surface area contributed by atoms with Crippen molar-refractivity contribution in [1.29, 1.82) is 0 Å². The first-order chi connectivity index (χ1) is 13.5. The molecule has 0 bridgehead atoms. The molecule has 2 amide bonds. The number of thioether (sulfide) groups is 1. The highest BCUT2D eigenvalue weighted by atomic mass is 32.2. The van der Waals surface area contributed by atoms with Crippen molar-refractivity contribution in [2.75, 3.05) is 0 Å². The van der Waals surface area contributed by atoms with Gasteiger partial charge in [0.25, 0.3) is 11.8 Å². The highest BCUT2D eigenvalue weighted by Crippen LogP contribution is 2.24. The van der Waals surface area contributed by atoms with Gasteiger partial charge in [-0.05, 0) is 55.0 Å². The molecule has 3 aromatic rings. The van der Waals surface area contributed by atoms with Crippen molar-refractivity contribution in [3.63, 3.8) is 0 Å². The van der Waals surface area contributed by atoms with E-state index in [1.807, 2.05) is 38.1 Å². The average Bonchev–Trinajstić information content (AvgIpc) is 3.14. The van der Waals surface area contributed by atoms with Gasteiger partial charge in [-0.25, -0.2) is 0 Å². The predicted molar refractivity (Wildman–Crippen MR) is 106 cm³/mol. The van der Waals surface area contributed by atoms with Crippen molar-refractivity contribution in [2.24, 2.45) is 0 Å². The van der Waals surface area contributed by atoms with Crippen LogP contribution in [0, 0.1) is 13.8 Å². The van der Waals surface area contributed by atoms with E-state index in [-0.39, 0.29) is 11.8 Å². The van der Waals surface area contributed by atoms with E-state index in [1.165, 1.54) is 11.8 Å². The van der Waals surface area contributed by atoms with Crippen LogP contribution in [-0.4, -0.2) is 37.3 Å². The van der Waals surface area contributed by atoms with E-state index < -0.39 is 5.25 Å². The van der Waals surface area contributed by atoms with Gasteiger partial charge >= 0.3 is 0 Å². The lowest BCUT2D eigenvalue weighted by atomic mass is 10.1. The summed E-state index contributed by atoms with van der Waals surface area (Å²) in [6, 6.07) is 14.6. The Hall–Kier alpha value is -3.20. The molecule has 0 aliphatic carbocycles. The number of aromatic nitrogens is 4. The van der Waals surface area contributed by atoms with E-state index in [9.17, 15) is 9.59 Å². The molecule has 0 aliphatic heterocycles. The van der Waals surface area contributed by atoms with E-state index >= 15 is 0 Å². The van der Waals surface area contributed by atoms with E-state index in [0.717, 1.165) is 16.8 Å². The van der Waals surface area contributed by atoms with Crippen LogP contribution in [0.2, 0.25) is 0 Å². The molecule has 0 saturated heterocycles. The van der Waals surface area contributed by atoms with Crippen LogP contribution in [0.4, 0.5) is 0 Å². The van der Waals surface area contributed by atoms with E-state index in [0.29, 0.717) is 10.7 Å². The van der Waals surface area contributed by atoms with E-state index in [4.69, 9.17) is 0 Å². The number of hydrogen-bond donors (Lipinski definition) is 2. The van der Waals surface area contributed by atoms with Gasteiger partial charge in [-0.1, -0.05) is 47.7 Å². The Morgan fingerprint density at radius 3 is 2.54 bits per heavy atom. The number of nitrogens with one attached hydrogen (secondary N) is 2. The molecule has 0 saturated carbocycles. The van der Waals surface area contributed by atoms with Crippen molar-refractivity contribution >= 4 is 23.6 Å². The van der Waals surface area contributed by atoms with Crippen LogP contribution in [0.1, 0.15) is 28.4 Å². The second-order valence-corrected chi connectivity index (χ2v) is 7.54. The van der Waals surface area contributed by atoms with Crippen LogP contribution in [0.15, 0.2) is 53.7 Å². The Labute approximate surface area is 166 Å². The summed E-state index contributed by atoms with van der Waals surface area (Å²) in [5, 5.41) is 11.8. The summed E-state index contributed by atoms with van der Waals surface area (Å²) in [5.41, 5.74) is 8.33. The first-order valence-electron chi connectivity index (χ1n) is 8.63. The molecule has 8 nitrogen and oxygen atoms in total. The Morgan fingerprint density at radius 2 is 1.82 bits per heavy atom. The topological polar surface area (TPSA) is 102 Å². The SMILES string of the molecule is Cc1ccc(-n2nnnc2S[C@H](C)C(=O)NNC(=O)c2ccccc2)c(C)c1. The van der Waals surface area contributed by atoms with Crippen LogP contribution in [-0.2, 0) is 4.79 Å². The summed E-state index contributed by atoms with van der Waals surface area (Å²) in [7, 11) is 0. The third kappa shape index (κ3) is 4.55. The Kier molecular flexibility index (Phi) is 6.05. The predicted octanol–water partition coefficient (Wildman–Crippen LogP) is 2.22. The summed E-state index contributed by atoms with van der Waals surface area (Å²) in [4.78, 5) is 24.4. The Bertz CT molecular complexity index is 989. The second kappa shape index (κ2) is 8.66. The number of carbonyl (C=O) groups is 2. The summed E-state index contributed by atoms with van der Waals surface area (Å²) in [5.74, 6) is -0.740. The molecular formula is C19H20N6O2S. The number of aryl methyl sites for hydroxylation is 2. The standard InChI is InChI=1S/C19H20N6O2S/c1-12-9-10-16(13(2)11-12)25-19(22-23-24-25)28-14(3)17(26)20-21-18(27)15-7-5-4-6-8-15/h4-11,14H,1-3H3,(H,20,26)(H,21,27)/t14-/m1/s1. The molecule has 0 fully saturated rings. The molecule has 1 aromatic heterocycles. The van der Waals surface area contributed by atoms with Crippen LogP contribution in [0.25, 0.3) is 5.69 Å². The van der Waals surface area contributed by atoms with Crippen LogP contribution >= 0.6 is 11.8 Å². The average molecular weight is 396 g/mol. The monoisotopic (exact) mass is 396 g/mol. The van der Waals surface area contributed by atoms with Gasteiger partial charge in [0.05, 0.1) is 10.9 Å². The van der Waals surface area contributed by atoms with Gasteiger partial charge in [-0.3, -0.25) is 20.4 Å². The summed E-state index contributed by atoms with van der Waals surface area (Å²) in [6.07, 6.45) is 0. The second-order valence-electron chi connectivity index (χ2n) is 6.23. The molecule has 0 radical (unpaired) electrons. The zero-order chi connectivity index (χ0) is 20.1. The highest BCUT2D eigenvalue weighted by Gasteiger charge is 2.20. The number of hydrogen-bond acceptors (Lipinski definition) is 6. The number of carbonyl (C=O) groups excluding carboxylic acids is 2. The molecular weight excluding hydrogens is 376 g/mol. The maximum atomic E-state index is 12.3. The van der Waals surface area contributed by atoms with Gasteiger partial charge in [-0.15, -0.1) is 5.10 Å². The molecule has 9 heteroatoms. The lowest BCUT2D eigenvalue weighted by Crippen LogP contribution is -2.44. The van der Waals surface area contributed by atoms with Crippen molar-refractivity contribution in [1.82, 2.24) is 31.1 Å². The quantitative estimate of drug-likeness (QED) is 0.506. The molecule has 0 spiro atoms. The van der Waals surface area contributed by atoms with Crippen molar-refractivity contribution < 1.29 is 9.59 Å². The fourth-order valence-electron chi connectivity index (χ4n) is 2.54. The van der Waals surface area contributed by atoms with Crippen LogP contribution < -0.4 is 10.9 Å². The van der Waals surface area contributed by atoms with Gasteiger partial charge in [-0.2, -0.15) is 4.68 Å². The zero-order valence-electron chi connectivity index (χ0n) is 15.7. The molecule has 2 aromatic carbocycles. The van der Waals surface area contributed by atoms with Gasteiger partial charge in [0.2, 0.25) is 5.16 Å². The van der Waals surface area contributed by atoms with Crippen molar-refractivity contribution in [3.8, 4) is 5.69 Å². The fourth-order valence-corrected chi connectivity index (χ4v) is 3.34. The summed E-state index contributed by atoms with van der Waals surface area (Å²) >= 11 is 1.20. The normalized spacial score (nSPS) is 11.7. The maximum absolute atomic E-state index is 12.3. The smallest absolute Gasteiger partial charge is 0.269 e. The molecule has 1 heterocycles. The number of amides is 2. The minimum atomic E-state index is -0.522. The van der Waals surface area contributed by atoms with Crippen LogP contribution in [0.3, 0.4) is 0 Å². The van der Waals surface area contributed by atoms with E-state index in [1.54, 1.807) is 35.9 Å². The number of benzene rings is 2. The molecule has 1 atom stereocenters. The van der Waals surface area contributed by atoms with Crippen molar-refractivity contribution in [3.05, 3.63) is 65.2 Å². The lowest BCUT2D eigenvalue weighted by molar-refractivity contribution is -0.121. The largest absolute Gasteiger partial charge is 0.272 e. The van der Waals surface area contributed by atoms with Gasteiger partial charge < -0.3 is 0 Å². The van der Waals surface area contributed by atoms with Crippen LogP contribution in [0.5, 0.6) is 0 Å². The molecule has 0 unspecified atom stereocenters. The molecule has 3 rings (SSSR count). The minimum absolute atomic E-state index is 0.357. The van der Waals surface area contributed by atoms with Crippen molar-refractivity contribution in [2.45, 2.75) is 31.2 Å². The first kappa shape index (κ1) is 19.6. The maximum Gasteiger partial charge on any atom is 0.269 e. The number of hydrazine groups is 1. The Morgan fingerprint density at radius 1 is 1.07 bits per heavy atom. The molecule has 0 aliphatic rings. The number of rotatable bonds is 5. The summed E-state index contributed by atoms with van der Waals surface area (Å²) < 4.78 is 1.60. The van der Waals surface area contributed by atoms with Gasteiger partial charge in [0.15, 0.2) is 0 Å². The molecule has 2 N–H and O–H groups in total. The first-order valence-corrected chi connectivity index (χ1v) is 9.51. The number of tetrazole rings is 1. The molecule has 28 heavy (non-hydrogen) atoms. The summed E-state index contributed by atoms with van der Waals surface area (Å²) in [6.45, 7) is 5.71.